The van der Waals surface area contributed by atoms with Gasteiger partial charge in [0, 0.05) is 13.6 Å². The number of hydrogen-bond acceptors (Lipinski definition) is 1. The molecule has 0 aliphatic heterocycles. The average molecular weight is 466 g/mol. The van der Waals surface area contributed by atoms with Crippen molar-refractivity contribution >= 4 is 50.1 Å². The van der Waals surface area contributed by atoms with Gasteiger partial charge in [-0.1, -0.05) is 28.1 Å². The minimum Gasteiger partial charge on any atom is -0.496 e. The monoisotopic (exact) mass is 464 g/mol. The quantitative estimate of drug-likeness (QED) is 0.399. The number of aryl methyl sites for hydroxylation is 1. The Morgan fingerprint density at radius 1 is 1.25 bits per heavy atom. The summed E-state index contributed by atoms with van der Waals surface area (Å²) in [6.45, 7) is 4.09. The van der Waals surface area contributed by atoms with Gasteiger partial charge in [-0.3, -0.25) is 0 Å². The summed E-state index contributed by atoms with van der Waals surface area (Å²) < 4.78 is 7.81. The van der Waals surface area contributed by atoms with Crippen LogP contribution >= 0.6 is 50.1 Å². The molecule has 0 amide bonds. The van der Waals surface area contributed by atoms with Gasteiger partial charge in [0.25, 0.3) is 0 Å². The van der Waals surface area contributed by atoms with E-state index in [9.17, 15) is 0 Å². The van der Waals surface area contributed by atoms with Crippen LogP contribution in [0.5, 0.6) is 5.75 Å². The first-order valence-electron chi connectivity index (χ1n) is 6.18. The Hall–Kier alpha value is -0.260. The van der Waals surface area contributed by atoms with Gasteiger partial charge >= 0.3 is 0 Å². The lowest BCUT2D eigenvalue weighted by Crippen LogP contribution is -2.03. The number of methoxy groups -OCH3 is 1. The number of rotatable bonds is 3. The van der Waals surface area contributed by atoms with Crippen molar-refractivity contribution in [1.29, 1.82) is 0 Å². The molecule has 0 heterocycles. The molecule has 0 saturated carbocycles. The van der Waals surface area contributed by atoms with Gasteiger partial charge in [0.15, 0.2) is 0 Å². The molecule has 0 bridgehead atoms. The van der Waals surface area contributed by atoms with E-state index in [-0.39, 0.29) is 5.38 Å². The van der Waals surface area contributed by atoms with Gasteiger partial charge in [0.05, 0.1) is 12.5 Å². The lowest BCUT2D eigenvalue weighted by molar-refractivity contribution is 0.406. The smallest absolute Gasteiger partial charge is 0.127 e. The number of alkyl halides is 1. The first-order valence-corrected chi connectivity index (χ1v) is 8.49. The van der Waals surface area contributed by atoms with Crippen LogP contribution in [0.15, 0.2) is 34.8 Å². The Bertz CT molecular complexity index is 643. The van der Waals surface area contributed by atoms with Crippen molar-refractivity contribution in [2.24, 2.45) is 0 Å². The summed E-state index contributed by atoms with van der Waals surface area (Å²) in [6.07, 6.45) is 0. The fourth-order valence-electron chi connectivity index (χ4n) is 2.28. The third kappa shape index (κ3) is 3.15. The second-order valence-electron chi connectivity index (χ2n) is 4.66. The van der Waals surface area contributed by atoms with Gasteiger partial charge < -0.3 is 4.74 Å². The highest BCUT2D eigenvalue weighted by atomic mass is 127. The van der Waals surface area contributed by atoms with E-state index < -0.39 is 0 Å². The lowest BCUT2D eigenvalue weighted by Gasteiger charge is -2.20. The average Bonchev–Trinajstić information content (AvgIpc) is 2.41. The molecule has 0 fully saturated rings. The normalized spacial score (nSPS) is 12.3. The molecule has 2 rings (SSSR count). The minimum absolute atomic E-state index is 0.226. The Balaban J connectivity index is 2.62. The molecule has 0 spiro atoms. The van der Waals surface area contributed by atoms with E-state index in [0.717, 1.165) is 32.5 Å². The predicted octanol–water partition coefficient (Wildman–Crippen LogP) is 6.01. The van der Waals surface area contributed by atoms with Crippen LogP contribution in [0.3, 0.4) is 0 Å². The zero-order valence-corrected chi connectivity index (χ0v) is 16.0. The molecule has 1 atom stereocenters. The molecule has 0 saturated heterocycles. The number of hydrogen-bond donors (Lipinski definition) is 0. The highest BCUT2D eigenvalue weighted by molar-refractivity contribution is 14.1. The third-order valence-corrected chi connectivity index (χ3v) is 5.27. The molecule has 106 valence electrons. The van der Waals surface area contributed by atoms with Crippen molar-refractivity contribution < 1.29 is 4.74 Å². The zero-order valence-electron chi connectivity index (χ0n) is 11.5. The highest BCUT2D eigenvalue weighted by Gasteiger charge is 2.21. The van der Waals surface area contributed by atoms with Crippen molar-refractivity contribution in [3.63, 3.8) is 0 Å². The second kappa shape index (κ2) is 6.67. The van der Waals surface area contributed by atoms with Crippen molar-refractivity contribution in [1.82, 2.24) is 0 Å². The topological polar surface area (TPSA) is 9.23 Å². The van der Waals surface area contributed by atoms with Crippen LogP contribution in [0.2, 0.25) is 0 Å². The van der Waals surface area contributed by atoms with Crippen LogP contribution in [0.4, 0.5) is 0 Å². The SMILES string of the molecule is COc1c(C)cc(Br)c(C)c1C(Cl)c1cccc(I)c1. The molecule has 0 N–H and O–H groups in total. The fraction of sp³-hybridized carbons (Fsp3) is 0.250. The summed E-state index contributed by atoms with van der Waals surface area (Å²) in [7, 11) is 1.69. The first kappa shape index (κ1) is 16.1. The number of halogens is 3. The van der Waals surface area contributed by atoms with Gasteiger partial charge in [-0.2, -0.15) is 0 Å². The fourth-order valence-corrected chi connectivity index (χ4v) is 3.80. The molecular weight excluding hydrogens is 450 g/mol. The molecule has 1 nitrogen and oxygen atoms in total. The van der Waals surface area contributed by atoms with E-state index in [4.69, 9.17) is 16.3 Å². The molecule has 20 heavy (non-hydrogen) atoms. The number of benzene rings is 2. The molecule has 0 aromatic heterocycles. The number of ether oxygens (including phenoxy) is 1. The van der Waals surface area contributed by atoms with Gasteiger partial charge in [-0.25, -0.2) is 0 Å². The molecular formula is C16H15BrClIO. The predicted molar refractivity (Wildman–Crippen MR) is 97.0 cm³/mol. The maximum absolute atomic E-state index is 6.73. The van der Waals surface area contributed by atoms with Crippen LogP contribution in [0.1, 0.15) is 27.6 Å². The second-order valence-corrected chi connectivity index (χ2v) is 7.20. The molecule has 2 aromatic rings. The molecule has 1 unspecified atom stereocenters. The highest BCUT2D eigenvalue weighted by Crippen LogP contribution is 2.42. The van der Waals surface area contributed by atoms with Crippen LogP contribution in [0, 0.1) is 17.4 Å². The van der Waals surface area contributed by atoms with Crippen LogP contribution < -0.4 is 4.74 Å². The van der Waals surface area contributed by atoms with E-state index >= 15 is 0 Å². The standard InChI is InChI=1S/C16H15BrClIO/c1-9-7-13(17)10(2)14(16(9)20-3)15(18)11-5-4-6-12(19)8-11/h4-8,15H,1-3H3. The molecule has 0 radical (unpaired) electrons. The van der Waals surface area contributed by atoms with Gasteiger partial charge in [-0.15, -0.1) is 11.6 Å². The largest absolute Gasteiger partial charge is 0.496 e. The maximum atomic E-state index is 6.73. The summed E-state index contributed by atoms with van der Waals surface area (Å²) in [5.74, 6) is 0.865. The van der Waals surface area contributed by atoms with E-state index in [2.05, 4.69) is 69.7 Å². The Labute approximate surface area is 146 Å². The minimum atomic E-state index is -0.226. The molecule has 2 aromatic carbocycles. The van der Waals surface area contributed by atoms with E-state index in [0.29, 0.717) is 0 Å². The zero-order chi connectivity index (χ0) is 14.9. The Morgan fingerprint density at radius 3 is 2.55 bits per heavy atom. The van der Waals surface area contributed by atoms with Gasteiger partial charge in [0.1, 0.15) is 5.75 Å². The van der Waals surface area contributed by atoms with E-state index in [1.165, 1.54) is 3.57 Å². The first-order chi connectivity index (χ1) is 9.45. The third-order valence-electron chi connectivity index (χ3n) is 3.31. The van der Waals surface area contributed by atoms with Crippen molar-refractivity contribution in [3.05, 3.63) is 60.6 Å². The van der Waals surface area contributed by atoms with Crippen molar-refractivity contribution in [2.75, 3.05) is 7.11 Å². The molecule has 4 heteroatoms. The van der Waals surface area contributed by atoms with Crippen molar-refractivity contribution in [3.8, 4) is 5.75 Å². The summed E-state index contributed by atoms with van der Waals surface area (Å²) in [5.41, 5.74) is 4.31. The summed E-state index contributed by atoms with van der Waals surface area (Å²) >= 11 is 12.6. The summed E-state index contributed by atoms with van der Waals surface area (Å²) in [5, 5.41) is -0.226. The Kier molecular flexibility index (Phi) is 5.37. The van der Waals surface area contributed by atoms with Crippen LogP contribution in [0.25, 0.3) is 0 Å². The summed E-state index contributed by atoms with van der Waals surface area (Å²) in [6, 6.07) is 10.3. The van der Waals surface area contributed by atoms with Crippen LogP contribution in [-0.2, 0) is 0 Å². The lowest BCUT2D eigenvalue weighted by atomic mass is 9.96. The van der Waals surface area contributed by atoms with E-state index in [1.807, 2.05) is 13.0 Å². The van der Waals surface area contributed by atoms with Gasteiger partial charge in [-0.05, 0) is 71.3 Å². The molecule has 0 aliphatic rings. The molecule has 0 aliphatic carbocycles. The summed E-state index contributed by atoms with van der Waals surface area (Å²) in [4.78, 5) is 0. The maximum Gasteiger partial charge on any atom is 0.127 e. The Morgan fingerprint density at radius 2 is 1.95 bits per heavy atom. The van der Waals surface area contributed by atoms with Crippen LogP contribution in [-0.4, -0.2) is 7.11 Å². The van der Waals surface area contributed by atoms with Crippen molar-refractivity contribution in [2.45, 2.75) is 19.2 Å². The van der Waals surface area contributed by atoms with Gasteiger partial charge in [0.2, 0.25) is 0 Å². The van der Waals surface area contributed by atoms with E-state index in [1.54, 1.807) is 7.11 Å².